The molecule has 0 amide bonds. The number of carbonyl (C=O) groups is 1. The van der Waals surface area contributed by atoms with Crippen LogP contribution in [0.25, 0.3) is 0 Å². The third-order valence-electron chi connectivity index (χ3n) is 6.98. The van der Waals surface area contributed by atoms with Crippen molar-refractivity contribution < 1.29 is 56.0 Å². The van der Waals surface area contributed by atoms with Crippen LogP contribution in [0, 0.1) is 0 Å². The minimum Gasteiger partial charge on any atom is -0.426 e. The minimum atomic E-state index is -4.39. The summed E-state index contributed by atoms with van der Waals surface area (Å²) < 4.78 is 79.3. The van der Waals surface area contributed by atoms with Crippen LogP contribution >= 0.6 is 7.60 Å². The van der Waals surface area contributed by atoms with Gasteiger partial charge < -0.3 is 37.7 Å². The normalized spacial score (nSPS) is 30.3. The lowest BCUT2D eigenvalue weighted by molar-refractivity contribution is -0.278. The maximum Gasteiger partial charge on any atom is 0.510 e. The second-order valence-corrected chi connectivity index (χ2v) is 12.0. The van der Waals surface area contributed by atoms with Gasteiger partial charge in [0.25, 0.3) is 12.0 Å². The average Bonchev–Trinajstić information content (AvgIpc) is 3.41. The van der Waals surface area contributed by atoms with Gasteiger partial charge in [-0.2, -0.15) is 0 Å². The second kappa shape index (κ2) is 12.3. The highest BCUT2D eigenvalue weighted by Crippen LogP contribution is 2.60. The number of H-pyrrole nitrogens is 1. The van der Waals surface area contributed by atoms with E-state index < -0.39 is 80.7 Å². The maximum absolute atomic E-state index is 15.2. The van der Waals surface area contributed by atoms with Crippen molar-refractivity contribution >= 4 is 13.8 Å². The molecule has 3 aliphatic heterocycles. The number of nitrogens with zero attached hydrogens (tertiary/aromatic N) is 1. The van der Waals surface area contributed by atoms with E-state index in [0.717, 1.165) is 16.8 Å². The first-order valence-electron chi connectivity index (χ1n) is 12.8. The number of halogens is 1. The molecule has 42 heavy (non-hydrogen) atoms. The van der Waals surface area contributed by atoms with Gasteiger partial charge in [0.05, 0.1) is 26.0 Å². The molecule has 0 bridgehead atoms. The number of ether oxygens (including phenoxy) is 7. The minimum absolute atomic E-state index is 0.215. The summed E-state index contributed by atoms with van der Waals surface area (Å²) in [6, 6.07) is 9.75. The molecule has 3 aliphatic rings. The first-order chi connectivity index (χ1) is 20.1. The number of benzene rings is 1. The summed E-state index contributed by atoms with van der Waals surface area (Å²) in [7, 11) is -3.10. The van der Waals surface area contributed by atoms with E-state index in [1.54, 1.807) is 30.3 Å². The van der Waals surface area contributed by atoms with Crippen molar-refractivity contribution in [2.24, 2.45) is 0 Å². The highest BCUT2D eigenvalue weighted by molar-refractivity contribution is 7.53. The summed E-state index contributed by atoms with van der Waals surface area (Å²) in [5, 5.41) is 0. The molecular weight excluding hydrogens is 586 g/mol. The van der Waals surface area contributed by atoms with Gasteiger partial charge in [-0.15, -0.1) is 0 Å². The Kier molecular flexibility index (Phi) is 8.97. The Balaban J connectivity index is 1.42. The van der Waals surface area contributed by atoms with E-state index in [4.69, 9.17) is 42.2 Å². The highest BCUT2D eigenvalue weighted by Gasteiger charge is 2.71. The summed E-state index contributed by atoms with van der Waals surface area (Å²) >= 11 is 0. The van der Waals surface area contributed by atoms with Gasteiger partial charge in [-0.25, -0.2) is 14.0 Å². The SMILES string of the molecule is COC1O[C@@H]2[C@@](CF)(CP(=O)(OCOC(=O)OC3COC3)OCc3ccccc3)O[C@@H](n3ccc(=O)[nH]c3=O)[C@]2(C)O1. The third kappa shape index (κ3) is 6.21. The molecular formula is C25H30FN2O13P. The Hall–Kier alpha value is -2.95. The number of methoxy groups -OCH3 is 1. The van der Waals surface area contributed by atoms with Gasteiger partial charge in [0.15, 0.2) is 12.3 Å². The summed E-state index contributed by atoms with van der Waals surface area (Å²) in [5.74, 6) is 0. The first-order valence-corrected chi connectivity index (χ1v) is 14.6. The molecule has 4 heterocycles. The number of fused-ring (bicyclic) bond motifs is 1. The smallest absolute Gasteiger partial charge is 0.426 e. The van der Waals surface area contributed by atoms with Crippen LogP contribution in [0.4, 0.5) is 9.18 Å². The van der Waals surface area contributed by atoms with Crippen molar-refractivity contribution in [1.82, 2.24) is 9.55 Å². The molecule has 15 nitrogen and oxygen atoms in total. The Labute approximate surface area is 238 Å². The summed E-state index contributed by atoms with van der Waals surface area (Å²) in [5.41, 5.74) is -4.57. The Morgan fingerprint density at radius 2 is 1.93 bits per heavy atom. The molecule has 1 aromatic heterocycles. The molecule has 0 saturated carbocycles. The quantitative estimate of drug-likeness (QED) is 0.208. The number of alkyl halides is 1. The summed E-state index contributed by atoms with van der Waals surface area (Å²) in [6.07, 6.45) is -3.85. The number of nitrogens with one attached hydrogen (secondary N) is 1. The molecule has 230 valence electrons. The number of hydrogen-bond donors (Lipinski definition) is 1. The van der Waals surface area contributed by atoms with Crippen LogP contribution in [0.1, 0.15) is 18.7 Å². The van der Waals surface area contributed by atoms with Crippen molar-refractivity contribution in [3.05, 3.63) is 69.0 Å². The van der Waals surface area contributed by atoms with Crippen molar-refractivity contribution in [2.45, 2.75) is 49.6 Å². The zero-order valence-electron chi connectivity index (χ0n) is 22.7. The molecule has 3 fully saturated rings. The Morgan fingerprint density at radius 1 is 1.17 bits per heavy atom. The number of rotatable bonds is 12. The predicted molar refractivity (Wildman–Crippen MR) is 137 cm³/mol. The van der Waals surface area contributed by atoms with Crippen LogP contribution in [0.5, 0.6) is 0 Å². The van der Waals surface area contributed by atoms with Gasteiger partial charge in [0, 0.05) is 19.4 Å². The van der Waals surface area contributed by atoms with Crippen LogP contribution in [0.15, 0.2) is 52.2 Å². The molecule has 1 aromatic carbocycles. The van der Waals surface area contributed by atoms with E-state index in [9.17, 15) is 18.9 Å². The summed E-state index contributed by atoms with van der Waals surface area (Å²) in [4.78, 5) is 38.5. The third-order valence-corrected chi connectivity index (χ3v) is 8.93. The van der Waals surface area contributed by atoms with E-state index in [1.807, 2.05) is 0 Å². The van der Waals surface area contributed by atoms with Crippen molar-refractivity contribution in [3.8, 4) is 0 Å². The van der Waals surface area contributed by atoms with Gasteiger partial charge in [-0.3, -0.25) is 23.4 Å². The van der Waals surface area contributed by atoms with Crippen molar-refractivity contribution in [1.29, 1.82) is 0 Å². The molecule has 2 unspecified atom stereocenters. The number of aromatic nitrogens is 2. The van der Waals surface area contributed by atoms with E-state index in [2.05, 4.69) is 4.98 Å². The van der Waals surface area contributed by atoms with E-state index in [-0.39, 0.29) is 19.8 Å². The monoisotopic (exact) mass is 616 g/mol. The van der Waals surface area contributed by atoms with Crippen LogP contribution < -0.4 is 11.2 Å². The summed E-state index contributed by atoms with van der Waals surface area (Å²) in [6.45, 7) is -1.74. The second-order valence-electron chi connectivity index (χ2n) is 9.97. The lowest BCUT2D eigenvalue weighted by Crippen LogP contribution is -2.51. The fourth-order valence-corrected chi connectivity index (χ4v) is 6.70. The highest BCUT2D eigenvalue weighted by atomic mass is 31.2. The fourth-order valence-electron chi connectivity index (χ4n) is 4.90. The zero-order chi connectivity index (χ0) is 30.0. The molecule has 5 rings (SSSR count). The van der Waals surface area contributed by atoms with Crippen LogP contribution in [-0.4, -0.2) is 85.5 Å². The molecule has 17 heteroatoms. The van der Waals surface area contributed by atoms with Gasteiger partial charge in [0.1, 0.15) is 24.0 Å². The Bertz CT molecular complexity index is 1420. The molecule has 6 atom stereocenters. The fraction of sp³-hybridized carbons (Fsp3) is 0.560. The largest absolute Gasteiger partial charge is 0.510 e. The predicted octanol–water partition coefficient (Wildman–Crippen LogP) is 1.81. The molecule has 3 saturated heterocycles. The van der Waals surface area contributed by atoms with Crippen LogP contribution in [-0.2, 0) is 53.4 Å². The first kappa shape index (κ1) is 30.5. The number of aromatic amines is 1. The maximum atomic E-state index is 15.2. The van der Waals surface area contributed by atoms with Crippen LogP contribution in [0.2, 0.25) is 0 Å². The van der Waals surface area contributed by atoms with Gasteiger partial charge >= 0.3 is 19.4 Å². The van der Waals surface area contributed by atoms with Gasteiger partial charge in [-0.05, 0) is 12.5 Å². The lowest BCUT2D eigenvalue weighted by atomic mass is 9.89. The topological polar surface area (TPSA) is 172 Å². The lowest BCUT2D eigenvalue weighted by Gasteiger charge is -2.33. The Morgan fingerprint density at radius 3 is 2.57 bits per heavy atom. The number of carbonyl (C=O) groups excluding carboxylic acids is 1. The van der Waals surface area contributed by atoms with E-state index in [0.29, 0.717) is 5.56 Å². The van der Waals surface area contributed by atoms with Crippen molar-refractivity contribution in [3.63, 3.8) is 0 Å². The standard InChI is InChI=1S/C25H30FN2O13P/c1-24-19(39-23(33-2)41-24)25(13-26,40-20(24)28-9-8-18(29)27-21(28)30)14-42(32,36-10-16-6-4-3-5-7-16)37-15-35-22(31)38-17-11-34-12-17/h3-9,17,19-20,23H,10-15H2,1-2H3,(H,27,29,30)/t19-,20+,23?,24+,25+,42?/m0/s1. The van der Waals surface area contributed by atoms with E-state index in [1.165, 1.54) is 14.0 Å². The average molecular weight is 616 g/mol. The van der Waals surface area contributed by atoms with Gasteiger partial charge in [0.2, 0.25) is 6.79 Å². The molecule has 0 aliphatic carbocycles. The zero-order valence-corrected chi connectivity index (χ0v) is 23.6. The molecule has 2 aromatic rings. The molecule has 0 spiro atoms. The molecule has 1 N–H and O–H groups in total. The number of hydrogen-bond acceptors (Lipinski definition) is 13. The molecule has 0 radical (unpaired) electrons. The van der Waals surface area contributed by atoms with Crippen LogP contribution in [0.3, 0.4) is 0 Å². The van der Waals surface area contributed by atoms with Crippen molar-refractivity contribution in [2.75, 3.05) is 40.0 Å². The van der Waals surface area contributed by atoms with E-state index >= 15 is 4.39 Å². The van der Waals surface area contributed by atoms with Gasteiger partial charge in [-0.1, -0.05) is 30.3 Å².